The number of rotatable bonds is 7. The van der Waals surface area contributed by atoms with Crippen molar-refractivity contribution in [1.29, 1.82) is 0 Å². The predicted molar refractivity (Wildman–Crippen MR) is 79.8 cm³/mol. The van der Waals surface area contributed by atoms with Crippen LogP contribution in [0.1, 0.15) is 19.3 Å². The van der Waals surface area contributed by atoms with Gasteiger partial charge in [-0.05, 0) is 24.7 Å². The number of nitrogens with zero attached hydrogens (tertiary/aromatic N) is 1. The Labute approximate surface area is 127 Å². The van der Waals surface area contributed by atoms with E-state index in [2.05, 4.69) is 5.32 Å². The minimum atomic E-state index is -0.511. The van der Waals surface area contributed by atoms with Crippen LogP contribution in [0.4, 0.5) is 11.4 Å². The summed E-state index contributed by atoms with van der Waals surface area (Å²) in [6.07, 6.45) is 3.27. The Morgan fingerprint density at radius 3 is 2.45 bits per heavy atom. The van der Waals surface area contributed by atoms with Crippen molar-refractivity contribution in [3.05, 3.63) is 32.3 Å². The van der Waals surface area contributed by atoms with Crippen molar-refractivity contribution in [3.8, 4) is 0 Å². The zero-order valence-corrected chi connectivity index (χ0v) is 12.6. The number of hydrogen-bond acceptors (Lipinski definition) is 4. The van der Waals surface area contributed by atoms with Gasteiger partial charge in [0.1, 0.15) is 0 Å². The Hall–Kier alpha value is -1.04. The number of nitro benzene ring substituents is 1. The van der Waals surface area contributed by atoms with Gasteiger partial charge in [0.2, 0.25) is 0 Å². The SMILES string of the molecule is COCCC1(CNc2c(Cl)cc([N+](=O)[O-])cc2Cl)CC1. The van der Waals surface area contributed by atoms with Crippen LogP contribution in [0.3, 0.4) is 0 Å². The van der Waals surface area contributed by atoms with Gasteiger partial charge in [-0.2, -0.15) is 0 Å². The molecule has 0 heterocycles. The maximum atomic E-state index is 10.7. The third kappa shape index (κ3) is 3.53. The Bertz CT molecular complexity index is 495. The van der Waals surface area contributed by atoms with Crippen molar-refractivity contribution in [1.82, 2.24) is 0 Å². The van der Waals surface area contributed by atoms with Crippen LogP contribution in [-0.2, 0) is 4.74 Å². The Balaban J connectivity index is 2.05. The highest BCUT2D eigenvalue weighted by atomic mass is 35.5. The molecule has 1 aromatic rings. The van der Waals surface area contributed by atoms with Crippen molar-refractivity contribution >= 4 is 34.6 Å². The van der Waals surface area contributed by atoms with Gasteiger partial charge in [0.05, 0.1) is 20.7 Å². The second-order valence-electron chi connectivity index (χ2n) is 5.14. The third-order valence-corrected chi connectivity index (χ3v) is 4.27. The first-order valence-corrected chi connectivity index (χ1v) is 7.09. The molecule has 1 N–H and O–H groups in total. The molecule has 0 saturated heterocycles. The molecule has 0 atom stereocenters. The summed E-state index contributed by atoms with van der Waals surface area (Å²) >= 11 is 12.1. The second kappa shape index (κ2) is 6.16. The van der Waals surface area contributed by atoms with E-state index in [1.807, 2.05) is 0 Å². The lowest BCUT2D eigenvalue weighted by Gasteiger charge is -2.17. The Morgan fingerprint density at radius 1 is 1.40 bits per heavy atom. The Morgan fingerprint density at radius 2 is 2.00 bits per heavy atom. The molecule has 0 bridgehead atoms. The molecule has 1 aromatic carbocycles. The molecule has 1 aliphatic carbocycles. The quantitative estimate of drug-likeness (QED) is 0.606. The van der Waals surface area contributed by atoms with Gasteiger partial charge in [0.15, 0.2) is 0 Å². The van der Waals surface area contributed by atoms with Gasteiger partial charge in [-0.15, -0.1) is 0 Å². The van der Waals surface area contributed by atoms with Gasteiger partial charge in [-0.1, -0.05) is 23.2 Å². The predicted octanol–water partition coefficient (Wildman–Crippen LogP) is 4.13. The molecule has 2 rings (SSSR count). The van der Waals surface area contributed by atoms with Crippen LogP contribution in [0, 0.1) is 15.5 Å². The summed E-state index contributed by atoms with van der Waals surface area (Å²) in [5.41, 5.74) is 0.693. The van der Waals surface area contributed by atoms with E-state index in [0.717, 1.165) is 32.4 Å². The standard InChI is InChI=1S/C13H16Cl2N2O3/c1-20-5-4-13(2-3-13)8-16-12-10(14)6-9(17(18)19)7-11(12)15/h6-7,16H,2-5,8H2,1H3. The molecular formula is C13H16Cl2N2O3. The van der Waals surface area contributed by atoms with E-state index in [1.165, 1.54) is 12.1 Å². The maximum absolute atomic E-state index is 10.7. The normalized spacial score (nSPS) is 15.9. The van der Waals surface area contributed by atoms with Crippen molar-refractivity contribution in [2.75, 3.05) is 25.6 Å². The summed E-state index contributed by atoms with van der Waals surface area (Å²) in [4.78, 5) is 10.2. The van der Waals surface area contributed by atoms with Crippen molar-refractivity contribution in [3.63, 3.8) is 0 Å². The van der Waals surface area contributed by atoms with Crippen LogP contribution in [-0.4, -0.2) is 25.2 Å². The van der Waals surface area contributed by atoms with Crippen molar-refractivity contribution in [2.24, 2.45) is 5.41 Å². The van der Waals surface area contributed by atoms with Crippen LogP contribution >= 0.6 is 23.2 Å². The van der Waals surface area contributed by atoms with Crippen molar-refractivity contribution in [2.45, 2.75) is 19.3 Å². The molecule has 1 saturated carbocycles. The van der Waals surface area contributed by atoms with Gasteiger partial charge in [0, 0.05) is 32.4 Å². The molecule has 7 heteroatoms. The molecule has 5 nitrogen and oxygen atoms in total. The summed E-state index contributed by atoms with van der Waals surface area (Å²) in [5.74, 6) is 0. The molecular weight excluding hydrogens is 303 g/mol. The topological polar surface area (TPSA) is 64.4 Å². The van der Waals surface area contributed by atoms with E-state index in [4.69, 9.17) is 27.9 Å². The number of hydrogen-bond donors (Lipinski definition) is 1. The lowest BCUT2D eigenvalue weighted by Crippen LogP contribution is -2.17. The van der Waals surface area contributed by atoms with Crippen LogP contribution in [0.25, 0.3) is 0 Å². The van der Waals surface area contributed by atoms with E-state index >= 15 is 0 Å². The number of halogens is 2. The fourth-order valence-electron chi connectivity index (χ4n) is 2.12. The minimum absolute atomic E-state index is 0.105. The number of methoxy groups -OCH3 is 1. The van der Waals surface area contributed by atoms with Gasteiger partial charge in [0.25, 0.3) is 5.69 Å². The van der Waals surface area contributed by atoms with E-state index in [-0.39, 0.29) is 21.1 Å². The summed E-state index contributed by atoms with van der Waals surface area (Å²) < 4.78 is 5.10. The highest BCUT2D eigenvalue weighted by molar-refractivity contribution is 6.39. The lowest BCUT2D eigenvalue weighted by atomic mass is 10.0. The molecule has 110 valence electrons. The largest absolute Gasteiger partial charge is 0.385 e. The van der Waals surface area contributed by atoms with Gasteiger partial charge in [-0.3, -0.25) is 10.1 Å². The first-order chi connectivity index (χ1) is 9.47. The molecule has 0 unspecified atom stereocenters. The first kappa shape index (κ1) is 15.4. The number of ether oxygens (including phenoxy) is 1. The molecule has 20 heavy (non-hydrogen) atoms. The van der Waals surface area contributed by atoms with Gasteiger partial charge >= 0.3 is 0 Å². The van der Waals surface area contributed by atoms with Crippen molar-refractivity contribution < 1.29 is 9.66 Å². The van der Waals surface area contributed by atoms with Gasteiger partial charge in [-0.25, -0.2) is 0 Å². The van der Waals surface area contributed by atoms with Gasteiger partial charge < -0.3 is 10.1 Å². The summed E-state index contributed by atoms with van der Waals surface area (Å²) in [7, 11) is 1.69. The number of non-ortho nitro benzene ring substituents is 1. The molecule has 0 aromatic heterocycles. The van der Waals surface area contributed by atoms with Crippen LogP contribution < -0.4 is 5.32 Å². The first-order valence-electron chi connectivity index (χ1n) is 6.34. The van der Waals surface area contributed by atoms with Crippen LogP contribution in [0.5, 0.6) is 0 Å². The average molecular weight is 319 g/mol. The lowest BCUT2D eigenvalue weighted by molar-refractivity contribution is -0.384. The maximum Gasteiger partial charge on any atom is 0.272 e. The zero-order valence-electron chi connectivity index (χ0n) is 11.1. The monoisotopic (exact) mass is 318 g/mol. The second-order valence-corrected chi connectivity index (χ2v) is 5.95. The van der Waals surface area contributed by atoms with E-state index < -0.39 is 4.92 Å². The number of nitro groups is 1. The number of nitrogens with one attached hydrogen (secondary N) is 1. The smallest absolute Gasteiger partial charge is 0.272 e. The molecule has 1 fully saturated rings. The van der Waals surface area contributed by atoms with E-state index in [9.17, 15) is 10.1 Å². The number of benzene rings is 1. The summed E-state index contributed by atoms with van der Waals surface area (Å²) in [6.45, 7) is 1.47. The highest BCUT2D eigenvalue weighted by Gasteiger charge is 2.41. The summed E-state index contributed by atoms with van der Waals surface area (Å²) in [6, 6.07) is 2.62. The molecule has 0 radical (unpaired) electrons. The number of anilines is 1. The molecule has 0 aliphatic heterocycles. The zero-order chi connectivity index (χ0) is 14.8. The van der Waals surface area contributed by atoms with Crippen LogP contribution in [0.15, 0.2) is 12.1 Å². The highest BCUT2D eigenvalue weighted by Crippen LogP contribution is 2.49. The van der Waals surface area contributed by atoms with E-state index in [1.54, 1.807) is 7.11 Å². The fourth-order valence-corrected chi connectivity index (χ4v) is 2.73. The third-order valence-electron chi connectivity index (χ3n) is 3.67. The average Bonchev–Trinajstić information content (AvgIpc) is 3.15. The minimum Gasteiger partial charge on any atom is -0.385 e. The van der Waals surface area contributed by atoms with E-state index in [0.29, 0.717) is 5.69 Å². The molecule has 0 spiro atoms. The molecule has 0 amide bonds. The summed E-state index contributed by atoms with van der Waals surface area (Å²) in [5, 5.41) is 14.5. The fraction of sp³-hybridized carbons (Fsp3) is 0.538. The molecule has 1 aliphatic rings. The Kier molecular flexibility index (Phi) is 4.73. The van der Waals surface area contributed by atoms with Crippen LogP contribution in [0.2, 0.25) is 10.0 Å².